The second-order valence-electron chi connectivity index (χ2n) is 9.77. The summed E-state index contributed by atoms with van der Waals surface area (Å²) in [6.07, 6.45) is -5.36. The van der Waals surface area contributed by atoms with Crippen molar-refractivity contribution < 1.29 is 22.3 Å². The summed E-state index contributed by atoms with van der Waals surface area (Å²) in [5.74, 6) is -1.45. The number of rotatable bonds is 5. The van der Waals surface area contributed by atoms with Crippen molar-refractivity contribution in [3.8, 4) is 17.0 Å². The molecule has 0 unspecified atom stereocenters. The molecule has 12 heteroatoms. The number of hydrogen-bond acceptors (Lipinski definition) is 4. The monoisotopic (exact) mass is 596 g/mol. The quantitative estimate of drug-likeness (QED) is 0.238. The highest BCUT2D eigenvalue weighted by Gasteiger charge is 2.39. The van der Waals surface area contributed by atoms with Crippen LogP contribution in [0.25, 0.3) is 16.6 Å². The van der Waals surface area contributed by atoms with E-state index in [9.17, 15) is 13.2 Å². The van der Waals surface area contributed by atoms with Gasteiger partial charge >= 0.3 is 6.18 Å². The van der Waals surface area contributed by atoms with Gasteiger partial charge in [-0.1, -0.05) is 44.5 Å². The van der Waals surface area contributed by atoms with Gasteiger partial charge in [0.15, 0.2) is 15.6 Å². The Balaban J connectivity index is 2.28. The molecular formula is C20H25F4IN4OSi2. The Morgan fingerprint density at radius 1 is 1.06 bits per heavy atom. The summed E-state index contributed by atoms with van der Waals surface area (Å²) in [6.45, 7) is 13.2. The predicted molar refractivity (Wildman–Crippen MR) is 131 cm³/mol. The maximum Gasteiger partial charge on any atom is 0.425 e. The van der Waals surface area contributed by atoms with Gasteiger partial charge in [0.2, 0.25) is 0 Å². The van der Waals surface area contributed by atoms with E-state index in [-0.39, 0.29) is 0 Å². The van der Waals surface area contributed by atoms with Crippen LogP contribution < -0.4 is 15.2 Å². The molecule has 174 valence electrons. The van der Waals surface area contributed by atoms with E-state index in [0.29, 0.717) is 14.5 Å². The lowest BCUT2D eigenvalue weighted by Gasteiger charge is -2.25. The molecule has 3 rings (SSSR count). The standard InChI is InChI=1S/C20H25F4IN4OSi2/c1-11(20(22,23)24)30-19-16(21)17(32(5,6)7)13(10-26-19)12-8-14-18(25)27-28-29(14)15(9-12)31(2,3)4/h8-11H,1-7H3/t11-/m1/s1. The minimum absolute atomic E-state index is 0.380. The van der Waals surface area contributed by atoms with E-state index in [0.717, 1.165) is 23.3 Å². The molecule has 0 fully saturated rings. The zero-order valence-electron chi connectivity index (χ0n) is 18.9. The van der Waals surface area contributed by atoms with Crippen molar-refractivity contribution in [2.24, 2.45) is 0 Å². The molecule has 0 aliphatic heterocycles. The molecule has 0 aliphatic carbocycles. The van der Waals surface area contributed by atoms with Gasteiger partial charge in [-0.2, -0.15) is 13.2 Å². The Morgan fingerprint density at radius 3 is 2.22 bits per heavy atom. The molecule has 3 heterocycles. The van der Waals surface area contributed by atoms with Crippen LogP contribution in [0.5, 0.6) is 5.88 Å². The molecule has 0 amide bonds. The van der Waals surface area contributed by atoms with Crippen LogP contribution >= 0.6 is 22.6 Å². The average molecular weight is 597 g/mol. The van der Waals surface area contributed by atoms with Gasteiger partial charge in [0.05, 0.1) is 8.07 Å². The van der Waals surface area contributed by atoms with Gasteiger partial charge < -0.3 is 4.74 Å². The van der Waals surface area contributed by atoms with Gasteiger partial charge in [-0.3, -0.25) is 0 Å². The second-order valence-corrected chi connectivity index (χ2v) is 20.8. The third-order valence-electron chi connectivity index (χ3n) is 5.04. The molecule has 0 bridgehead atoms. The van der Waals surface area contributed by atoms with E-state index in [4.69, 9.17) is 4.74 Å². The molecule has 3 aromatic rings. The highest BCUT2D eigenvalue weighted by molar-refractivity contribution is 14.1. The van der Waals surface area contributed by atoms with Gasteiger partial charge in [0.25, 0.3) is 5.88 Å². The van der Waals surface area contributed by atoms with Crippen LogP contribution in [-0.2, 0) is 0 Å². The van der Waals surface area contributed by atoms with Crippen molar-refractivity contribution in [1.82, 2.24) is 19.8 Å². The van der Waals surface area contributed by atoms with Crippen molar-refractivity contribution in [3.63, 3.8) is 0 Å². The van der Waals surface area contributed by atoms with Crippen LogP contribution in [-0.4, -0.2) is 48.2 Å². The molecule has 0 aliphatic rings. The fourth-order valence-electron chi connectivity index (χ4n) is 3.39. The Morgan fingerprint density at radius 2 is 1.69 bits per heavy atom. The summed E-state index contributed by atoms with van der Waals surface area (Å²) < 4.78 is 61.9. The topological polar surface area (TPSA) is 52.3 Å². The highest BCUT2D eigenvalue weighted by Crippen LogP contribution is 2.30. The van der Waals surface area contributed by atoms with E-state index in [2.05, 4.69) is 57.5 Å². The third kappa shape index (κ3) is 4.86. The molecule has 1 atom stereocenters. The maximum absolute atomic E-state index is 15.6. The summed E-state index contributed by atoms with van der Waals surface area (Å²) >= 11 is 2.11. The number of hydrogen-bond donors (Lipinski definition) is 0. The number of alkyl halides is 3. The van der Waals surface area contributed by atoms with Crippen molar-refractivity contribution in [2.45, 2.75) is 58.5 Å². The number of ether oxygens (including phenoxy) is 1. The molecular weight excluding hydrogens is 571 g/mol. The van der Waals surface area contributed by atoms with E-state index < -0.39 is 40.1 Å². The van der Waals surface area contributed by atoms with Crippen LogP contribution in [0.3, 0.4) is 0 Å². The number of pyridine rings is 2. The van der Waals surface area contributed by atoms with E-state index in [1.807, 2.05) is 36.3 Å². The molecule has 32 heavy (non-hydrogen) atoms. The Hall–Kier alpha value is -1.55. The van der Waals surface area contributed by atoms with Gasteiger partial charge in [-0.05, 0) is 52.4 Å². The molecule has 0 N–H and O–H groups in total. The first-order valence-corrected chi connectivity index (χ1v) is 18.1. The summed E-state index contributed by atoms with van der Waals surface area (Å²) in [5, 5.41) is 9.83. The minimum atomic E-state index is -4.62. The first kappa shape index (κ1) is 25.1. The average Bonchev–Trinajstić information content (AvgIpc) is 3.00. The molecule has 3 aromatic heterocycles. The summed E-state index contributed by atoms with van der Waals surface area (Å²) in [5.41, 5.74) is 2.11. The van der Waals surface area contributed by atoms with E-state index >= 15 is 4.39 Å². The van der Waals surface area contributed by atoms with Crippen LogP contribution in [0.1, 0.15) is 6.92 Å². The van der Waals surface area contributed by atoms with E-state index in [1.54, 1.807) is 0 Å². The lowest BCUT2D eigenvalue weighted by molar-refractivity contribution is -0.190. The van der Waals surface area contributed by atoms with Crippen LogP contribution in [0.2, 0.25) is 39.3 Å². The normalized spacial score (nSPS) is 14.1. The molecule has 5 nitrogen and oxygen atoms in total. The molecule has 0 aromatic carbocycles. The smallest absolute Gasteiger partial charge is 0.425 e. The van der Waals surface area contributed by atoms with Gasteiger partial charge in [0.1, 0.15) is 13.6 Å². The van der Waals surface area contributed by atoms with Crippen molar-refractivity contribution in [2.75, 3.05) is 0 Å². The fraction of sp³-hybridized carbons (Fsp3) is 0.450. The molecule has 0 radical (unpaired) electrons. The number of fused-ring (bicyclic) bond motifs is 1. The molecule has 0 saturated heterocycles. The minimum Gasteiger partial charge on any atom is -0.463 e. The van der Waals surface area contributed by atoms with Crippen molar-refractivity contribution in [1.29, 1.82) is 0 Å². The number of nitrogens with zero attached hydrogens (tertiary/aromatic N) is 4. The van der Waals surface area contributed by atoms with Crippen molar-refractivity contribution >= 4 is 54.8 Å². The SMILES string of the molecule is C[C@@H](Oc1ncc(-c2cc([Si](C)(C)C)n3nnc(I)c3c2)c([Si](C)(C)C)c1F)C(F)(F)F. The highest BCUT2D eigenvalue weighted by atomic mass is 127. The molecule has 0 saturated carbocycles. The fourth-order valence-corrected chi connectivity index (χ4v) is 7.05. The largest absolute Gasteiger partial charge is 0.463 e. The maximum atomic E-state index is 15.6. The van der Waals surface area contributed by atoms with Gasteiger partial charge in [0, 0.05) is 17.1 Å². The van der Waals surface area contributed by atoms with Gasteiger partial charge in [-0.25, -0.2) is 13.9 Å². The first-order valence-electron chi connectivity index (χ1n) is 10.00. The summed E-state index contributed by atoms with van der Waals surface area (Å²) in [6, 6.07) is 3.85. The zero-order chi connectivity index (χ0) is 24.2. The summed E-state index contributed by atoms with van der Waals surface area (Å²) in [7, 11) is -4.24. The number of aromatic nitrogens is 4. The van der Waals surface area contributed by atoms with Crippen molar-refractivity contribution in [3.05, 3.63) is 27.8 Å². The second kappa shape index (κ2) is 8.35. The lowest BCUT2D eigenvalue weighted by atomic mass is 10.1. The Kier molecular flexibility index (Phi) is 6.54. The zero-order valence-corrected chi connectivity index (χ0v) is 23.1. The number of halogens is 5. The molecule has 0 spiro atoms. The third-order valence-corrected chi connectivity index (χ3v) is 9.69. The lowest BCUT2D eigenvalue weighted by Crippen LogP contribution is -2.44. The van der Waals surface area contributed by atoms with Crippen LogP contribution in [0, 0.1) is 9.52 Å². The Labute approximate surface area is 199 Å². The van der Waals surface area contributed by atoms with Crippen LogP contribution in [0.4, 0.5) is 17.6 Å². The predicted octanol–water partition coefficient (Wildman–Crippen LogP) is 4.96. The summed E-state index contributed by atoms with van der Waals surface area (Å²) in [4.78, 5) is 3.96. The Bertz CT molecular complexity index is 1170. The van der Waals surface area contributed by atoms with Gasteiger partial charge in [-0.15, -0.1) is 5.10 Å². The van der Waals surface area contributed by atoms with Crippen LogP contribution in [0.15, 0.2) is 18.3 Å². The first-order chi connectivity index (χ1) is 14.5. The van der Waals surface area contributed by atoms with E-state index in [1.165, 1.54) is 6.20 Å².